The molecule has 0 bridgehead atoms. The normalized spacial score (nSPS) is 21.9. The van der Waals surface area contributed by atoms with Crippen molar-refractivity contribution in [2.24, 2.45) is 5.41 Å². The number of rotatable bonds is 3. The SMILES string of the molecule is CC1(C)CC1n1c(CCCl)nc2cnccc21. The van der Waals surface area contributed by atoms with E-state index in [0.717, 1.165) is 17.8 Å². The van der Waals surface area contributed by atoms with Gasteiger partial charge in [0.05, 0.1) is 11.7 Å². The van der Waals surface area contributed by atoms with E-state index in [-0.39, 0.29) is 0 Å². The van der Waals surface area contributed by atoms with E-state index in [1.807, 2.05) is 12.4 Å². The highest BCUT2D eigenvalue weighted by molar-refractivity contribution is 6.17. The quantitative estimate of drug-likeness (QED) is 0.783. The van der Waals surface area contributed by atoms with Crippen LogP contribution in [0.3, 0.4) is 0 Å². The predicted octanol–water partition coefficient (Wildman–Crippen LogP) is 3.18. The summed E-state index contributed by atoms with van der Waals surface area (Å²) in [7, 11) is 0. The summed E-state index contributed by atoms with van der Waals surface area (Å²) in [6, 6.07) is 2.61. The van der Waals surface area contributed by atoms with Crippen LogP contribution in [0.15, 0.2) is 18.5 Å². The maximum atomic E-state index is 5.86. The molecule has 1 aliphatic rings. The molecule has 2 aromatic rings. The van der Waals surface area contributed by atoms with Crippen molar-refractivity contribution in [1.29, 1.82) is 0 Å². The fourth-order valence-corrected chi connectivity index (χ4v) is 2.66. The second-order valence-corrected chi connectivity index (χ2v) is 5.79. The Bertz CT molecular complexity index is 559. The molecular weight excluding hydrogens is 234 g/mol. The summed E-state index contributed by atoms with van der Waals surface area (Å²) in [5, 5.41) is 0. The molecule has 0 N–H and O–H groups in total. The van der Waals surface area contributed by atoms with E-state index >= 15 is 0 Å². The van der Waals surface area contributed by atoms with Gasteiger partial charge in [-0.2, -0.15) is 0 Å². The lowest BCUT2D eigenvalue weighted by Crippen LogP contribution is -2.06. The monoisotopic (exact) mass is 249 g/mol. The third kappa shape index (κ3) is 1.73. The Morgan fingerprint density at radius 3 is 2.94 bits per heavy atom. The lowest BCUT2D eigenvalue weighted by molar-refractivity contribution is 0.537. The van der Waals surface area contributed by atoms with E-state index in [9.17, 15) is 0 Å². The molecule has 0 saturated heterocycles. The predicted molar refractivity (Wildman–Crippen MR) is 69.4 cm³/mol. The fourth-order valence-electron chi connectivity index (χ4n) is 2.49. The third-order valence-corrected chi connectivity index (χ3v) is 3.84. The Balaban J connectivity index is 2.15. The van der Waals surface area contributed by atoms with Gasteiger partial charge in [0, 0.05) is 24.5 Å². The number of nitrogens with zero attached hydrogens (tertiary/aromatic N) is 3. The number of imidazole rings is 1. The minimum Gasteiger partial charge on any atom is -0.324 e. The second-order valence-electron chi connectivity index (χ2n) is 5.41. The fraction of sp³-hybridized carbons (Fsp3) is 0.538. The largest absolute Gasteiger partial charge is 0.324 e. The van der Waals surface area contributed by atoms with Crippen molar-refractivity contribution >= 4 is 22.6 Å². The number of hydrogen-bond acceptors (Lipinski definition) is 2. The van der Waals surface area contributed by atoms with Crippen molar-refractivity contribution in [3.05, 3.63) is 24.3 Å². The van der Waals surface area contributed by atoms with Gasteiger partial charge in [-0.05, 0) is 17.9 Å². The first-order valence-corrected chi connectivity index (χ1v) is 6.54. The van der Waals surface area contributed by atoms with Crippen molar-refractivity contribution in [3.8, 4) is 0 Å². The summed E-state index contributed by atoms with van der Waals surface area (Å²) in [6.07, 6.45) is 5.71. The third-order valence-electron chi connectivity index (χ3n) is 3.66. The molecule has 0 amide bonds. The van der Waals surface area contributed by atoms with E-state index in [1.54, 1.807) is 0 Å². The van der Waals surface area contributed by atoms with E-state index < -0.39 is 0 Å². The molecule has 1 fully saturated rings. The van der Waals surface area contributed by atoms with Crippen LogP contribution in [0, 0.1) is 5.41 Å². The molecule has 1 atom stereocenters. The number of fused-ring (bicyclic) bond motifs is 1. The van der Waals surface area contributed by atoms with Crippen LogP contribution in [-0.2, 0) is 6.42 Å². The lowest BCUT2D eigenvalue weighted by atomic mass is 10.2. The number of aryl methyl sites for hydroxylation is 1. The van der Waals surface area contributed by atoms with Crippen molar-refractivity contribution in [2.75, 3.05) is 5.88 Å². The zero-order valence-electron chi connectivity index (χ0n) is 10.2. The molecule has 1 unspecified atom stereocenters. The van der Waals surface area contributed by atoms with Gasteiger partial charge in [0.2, 0.25) is 0 Å². The zero-order chi connectivity index (χ0) is 12.0. The Kier molecular flexibility index (Phi) is 2.40. The highest BCUT2D eigenvalue weighted by Crippen LogP contribution is 2.56. The molecule has 3 nitrogen and oxygen atoms in total. The molecule has 2 heterocycles. The van der Waals surface area contributed by atoms with Gasteiger partial charge in [-0.1, -0.05) is 13.8 Å². The minimum absolute atomic E-state index is 0.387. The van der Waals surface area contributed by atoms with Crippen LogP contribution in [0.4, 0.5) is 0 Å². The summed E-state index contributed by atoms with van der Waals surface area (Å²) in [5.74, 6) is 1.71. The molecule has 0 aromatic carbocycles. The summed E-state index contributed by atoms with van der Waals surface area (Å²) < 4.78 is 2.36. The van der Waals surface area contributed by atoms with Crippen LogP contribution in [0.25, 0.3) is 11.0 Å². The van der Waals surface area contributed by atoms with Crippen molar-refractivity contribution in [2.45, 2.75) is 32.7 Å². The molecule has 1 aliphatic carbocycles. The highest BCUT2D eigenvalue weighted by Gasteiger charge is 2.48. The Hall–Kier alpha value is -1.09. The van der Waals surface area contributed by atoms with Gasteiger partial charge in [-0.3, -0.25) is 4.98 Å². The van der Waals surface area contributed by atoms with Gasteiger partial charge in [-0.15, -0.1) is 11.6 Å². The van der Waals surface area contributed by atoms with Crippen molar-refractivity contribution in [3.63, 3.8) is 0 Å². The Morgan fingerprint density at radius 1 is 1.53 bits per heavy atom. The van der Waals surface area contributed by atoms with Gasteiger partial charge in [0.1, 0.15) is 11.3 Å². The van der Waals surface area contributed by atoms with Crippen LogP contribution in [0.1, 0.15) is 32.1 Å². The molecule has 4 heteroatoms. The number of aromatic nitrogens is 3. The summed E-state index contributed by atoms with van der Waals surface area (Å²) in [4.78, 5) is 8.78. The van der Waals surface area contributed by atoms with E-state index in [2.05, 4.69) is 34.4 Å². The van der Waals surface area contributed by atoms with Gasteiger partial charge < -0.3 is 4.57 Å². The molecule has 90 valence electrons. The van der Waals surface area contributed by atoms with E-state index in [0.29, 0.717) is 17.3 Å². The maximum Gasteiger partial charge on any atom is 0.111 e. The molecule has 0 spiro atoms. The molecule has 3 rings (SSSR count). The molecule has 0 aliphatic heterocycles. The van der Waals surface area contributed by atoms with Crippen molar-refractivity contribution in [1.82, 2.24) is 14.5 Å². The van der Waals surface area contributed by atoms with E-state index in [1.165, 1.54) is 11.9 Å². The van der Waals surface area contributed by atoms with Gasteiger partial charge in [0.25, 0.3) is 0 Å². The topological polar surface area (TPSA) is 30.7 Å². The number of pyridine rings is 1. The van der Waals surface area contributed by atoms with Crippen LogP contribution < -0.4 is 0 Å². The van der Waals surface area contributed by atoms with Gasteiger partial charge in [0.15, 0.2) is 0 Å². The van der Waals surface area contributed by atoms with Crippen LogP contribution in [-0.4, -0.2) is 20.4 Å². The van der Waals surface area contributed by atoms with Crippen molar-refractivity contribution < 1.29 is 0 Å². The molecule has 2 aromatic heterocycles. The Morgan fingerprint density at radius 2 is 2.29 bits per heavy atom. The van der Waals surface area contributed by atoms with Crippen LogP contribution in [0.5, 0.6) is 0 Å². The highest BCUT2D eigenvalue weighted by atomic mass is 35.5. The minimum atomic E-state index is 0.387. The van der Waals surface area contributed by atoms with E-state index in [4.69, 9.17) is 11.6 Å². The summed E-state index contributed by atoms with van der Waals surface area (Å²) in [5.41, 5.74) is 2.56. The zero-order valence-corrected chi connectivity index (χ0v) is 10.9. The first kappa shape index (κ1) is 11.0. The number of halogens is 1. The standard InChI is InChI=1S/C13H16ClN3/c1-13(2)7-11(13)17-10-4-6-15-8-9(10)16-12(17)3-5-14/h4,6,8,11H,3,5,7H2,1-2H3. The summed E-state index contributed by atoms with van der Waals surface area (Å²) >= 11 is 5.86. The first-order valence-electron chi connectivity index (χ1n) is 6.00. The smallest absolute Gasteiger partial charge is 0.111 e. The van der Waals surface area contributed by atoms with Crippen LogP contribution in [0.2, 0.25) is 0 Å². The summed E-state index contributed by atoms with van der Waals surface area (Å²) in [6.45, 7) is 4.60. The number of hydrogen-bond donors (Lipinski definition) is 0. The van der Waals surface area contributed by atoms with Gasteiger partial charge in [-0.25, -0.2) is 4.98 Å². The molecule has 0 radical (unpaired) electrons. The maximum absolute atomic E-state index is 5.86. The lowest BCUT2D eigenvalue weighted by Gasteiger charge is -2.10. The number of alkyl halides is 1. The second kappa shape index (κ2) is 3.70. The first-order chi connectivity index (χ1) is 8.13. The Labute approximate surface area is 106 Å². The molecule has 17 heavy (non-hydrogen) atoms. The molecular formula is C13H16ClN3. The van der Waals surface area contributed by atoms with Gasteiger partial charge >= 0.3 is 0 Å². The molecule has 1 saturated carbocycles. The van der Waals surface area contributed by atoms with Crippen LogP contribution >= 0.6 is 11.6 Å². The average molecular weight is 250 g/mol. The average Bonchev–Trinajstić information content (AvgIpc) is 2.77.